The Bertz CT molecular complexity index is 596. The van der Waals surface area contributed by atoms with Crippen LogP contribution in [0.1, 0.15) is 5.56 Å². The van der Waals surface area contributed by atoms with Gasteiger partial charge in [0.1, 0.15) is 5.82 Å². The lowest BCUT2D eigenvalue weighted by atomic mass is 10.2. The minimum absolute atomic E-state index is 0.134. The second-order valence-electron chi connectivity index (χ2n) is 3.85. The Hall–Kier alpha value is -0.100. The predicted molar refractivity (Wildman–Crippen MR) is 88.3 cm³/mol. The van der Waals surface area contributed by atoms with Gasteiger partial charge in [-0.3, -0.25) is 0 Å². The molecular weight excluding hydrogens is 464 g/mol. The van der Waals surface area contributed by atoms with E-state index in [0.29, 0.717) is 6.54 Å². The summed E-state index contributed by atoms with van der Waals surface area (Å²) >= 11 is 16.0. The molecule has 2 aromatic carbocycles. The van der Waals surface area contributed by atoms with Crippen LogP contribution in [-0.4, -0.2) is 0 Å². The first-order valence-electron chi connectivity index (χ1n) is 5.29. The number of anilines is 1. The van der Waals surface area contributed by atoms with Gasteiger partial charge in [-0.1, -0.05) is 33.6 Å². The molecule has 0 bridgehead atoms. The summed E-state index contributed by atoms with van der Waals surface area (Å²) in [4.78, 5) is 0. The first kappa shape index (κ1) is 15.3. The van der Waals surface area contributed by atoms with E-state index in [0.717, 1.165) is 24.7 Å². The van der Waals surface area contributed by atoms with E-state index in [4.69, 9.17) is 11.6 Å². The molecule has 0 spiro atoms. The van der Waals surface area contributed by atoms with Crippen molar-refractivity contribution in [2.24, 2.45) is 0 Å². The zero-order chi connectivity index (χ0) is 14.0. The number of halogens is 5. The Balaban J connectivity index is 2.16. The third kappa shape index (κ3) is 3.94. The third-order valence-electron chi connectivity index (χ3n) is 2.46. The van der Waals surface area contributed by atoms with E-state index in [9.17, 15) is 4.39 Å². The van der Waals surface area contributed by atoms with Gasteiger partial charge in [0.05, 0.1) is 10.7 Å². The summed E-state index contributed by atoms with van der Waals surface area (Å²) in [5.41, 5.74) is 1.74. The van der Waals surface area contributed by atoms with Crippen molar-refractivity contribution >= 4 is 65.1 Å². The molecule has 100 valence electrons. The van der Waals surface area contributed by atoms with E-state index in [1.807, 2.05) is 12.1 Å². The maximum absolute atomic E-state index is 13.3. The van der Waals surface area contributed by atoms with Gasteiger partial charge in [0, 0.05) is 20.0 Å². The molecule has 0 radical (unpaired) electrons. The van der Waals surface area contributed by atoms with Crippen LogP contribution in [0.3, 0.4) is 0 Å². The Morgan fingerprint density at radius 1 is 1.05 bits per heavy atom. The SMILES string of the molecule is Fc1cc(CNc2c(Br)cc(Br)cc2Br)ccc1Cl. The maximum Gasteiger partial charge on any atom is 0.142 e. The van der Waals surface area contributed by atoms with Crippen molar-refractivity contribution in [1.82, 2.24) is 0 Å². The highest BCUT2D eigenvalue weighted by Gasteiger charge is 2.07. The summed E-state index contributed by atoms with van der Waals surface area (Å²) in [5, 5.41) is 3.38. The number of rotatable bonds is 3. The predicted octanol–water partition coefficient (Wildman–Crippen LogP) is 6.38. The molecule has 0 unspecified atom stereocenters. The van der Waals surface area contributed by atoms with E-state index >= 15 is 0 Å². The average Bonchev–Trinajstić information content (AvgIpc) is 2.32. The Morgan fingerprint density at radius 2 is 1.68 bits per heavy atom. The van der Waals surface area contributed by atoms with Crippen molar-refractivity contribution in [2.45, 2.75) is 6.54 Å². The Labute approximate surface area is 140 Å². The topological polar surface area (TPSA) is 12.0 Å². The molecule has 19 heavy (non-hydrogen) atoms. The molecule has 0 aliphatic carbocycles. The monoisotopic (exact) mass is 469 g/mol. The summed E-state index contributed by atoms with van der Waals surface area (Å²) in [6.45, 7) is 0.507. The van der Waals surface area contributed by atoms with Crippen LogP contribution in [0.15, 0.2) is 43.7 Å². The smallest absolute Gasteiger partial charge is 0.142 e. The van der Waals surface area contributed by atoms with E-state index in [1.165, 1.54) is 6.07 Å². The molecule has 2 rings (SSSR count). The molecule has 1 nitrogen and oxygen atoms in total. The molecule has 0 saturated carbocycles. The van der Waals surface area contributed by atoms with Crippen LogP contribution >= 0.6 is 59.4 Å². The van der Waals surface area contributed by atoms with E-state index in [1.54, 1.807) is 12.1 Å². The molecule has 0 aromatic heterocycles. The minimum Gasteiger partial charge on any atom is -0.379 e. The summed E-state index contributed by atoms with van der Waals surface area (Å²) in [6, 6.07) is 8.65. The molecule has 0 atom stereocenters. The van der Waals surface area contributed by atoms with Crippen molar-refractivity contribution in [3.05, 3.63) is 60.2 Å². The van der Waals surface area contributed by atoms with Gasteiger partial charge in [-0.25, -0.2) is 4.39 Å². The average molecular weight is 472 g/mol. The largest absolute Gasteiger partial charge is 0.379 e. The normalized spacial score (nSPS) is 10.6. The summed E-state index contributed by atoms with van der Waals surface area (Å²) in [6.07, 6.45) is 0. The molecular formula is C13H8Br3ClFN. The van der Waals surface area contributed by atoms with Crippen LogP contribution in [0.2, 0.25) is 5.02 Å². The lowest BCUT2D eigenvalue weighted by Crippen LogP contribution is -2.01. The zero-order valence-corrected chi connectivity index (χ0v) is 15.0. The maximum atomic E-state index is 13.3. The van der Waals surface area contributed by atoms with Gasteiger partial charge >= 0.3 is 0 Å². The second-order valence-corrected chi connectivity index (χ2v) is 6.88. The van der Waals surface area contributed by atoms with Crippen molar-refractivity contribution in [2.75, 3.05) is 5.32 Å². The summed E-state index contributed by atoms with van der Waals surface area (Å²) in [7, 11) is 0. The molecule has 0 fully saturated rings. The number of nitrogens with one attached hydrogen (secondary N) is 1. The fraction of sp³-hybridized carbons (Fsp3) is 0.0769. The van der Waals surface area contributed by atoms with Gasteiger partial charge in [-0.05, 0) is 61.7 Å². The first-order chi connectivity index (χ1) is 8.97. The van der Waals surface area contributed by atoms with Crippen LogP contribution in [-0.2, 0) is 6.54 Å². The highest BCUT2D eigenvalue weighted by atomic mass is 79.9. The standard InChI is InChI=1S/C13H8Br3ClFN/c14-8-4-9(15)13(10(16)5-8)19-6-7-1-2-11(17)12(18)3-7/h1-5,19H,6H2. The van der Waals surface area contributed by atoms with Gasteiger partial charge in [0.15, 0.2) is 0 Å². The van der Waals surface area contributed by atoms with Gasteiger partial charge < -0.3 is 5.32 Å². The van der Waals surface area contributed by atoms with Crippen molar-refractivity contribution in [3.8, 4) is 0 Å². The molecule has 1 N–H and O–H groups in total. The molecule has 2 aromatic rings. The second kappa shape index (κ2) is 6.57. The van der Waals surface area contributed by atoms with Crippen molar-refractivity contribution < 1.29 is 4.39 Å². The lowest BCUT2D eigenvalue weighted by Gasteiger charge is -2.12. The minimum atomic E-state index is -0.407. The summed E-state index contributed by atoms with van der Waals surface area (Å²) in [5.74, 6) is -0.407. The summed E-state index contributed by atoms with van der Waals surface area (Å²) < 4.78 is 16.1. The highest BCUT2D eigenvalue weighted by molar-refractivity contribution is 9.11. The molecule has 0 aliphatic rings. The molecule has 6 heteroatoms. The van der Waals surface area contributed by atoms with Crippen LogP contribution in [0.25, 0.3) is 0 Å². The van der Waals surface area contributed by atoms with Crippen molar-refractivity contribution in [3.63, 3.8) is 0 Å². The van der Waals surface area contributed by atoms with Crippen LogP contribution < -0.4 is 5.32 Å². The van der Waals surface area contributed by atoms with Gasteiger partial charge in [0.25, 0.3) is 0 Å². The van der Waals surface area contributed by atoms with Crippen LogP contribution in [0.4, 0.5) is 10.1 Å². The molecule has 0 aliphatic heterocycles. The van der Waals surface area contributed by atoms with E-state index < -0.39 is 5.82 Å². The molecule has 0 heterocycles. The van der Waals surface area contributed by atoms with Crippen molar-refractivity contribution in [1.29, 1.82) is 0 Å². The fourth-order valence-corrected chi connectivity index (χ4v) is 4.21. The number of hydrogen-bond acceptors (Lipinski definition) is 1. The molecule has 0 saturated heterocycles. The van der Waals surface area contributed by atoms with Crippen LogP contribution in [0, 0.1) is 5.82 Å². The molecule has 0 amide bonds. The quantitative estimate of drug-likeness (QED) is 0.547. The van der Waals surface area contributed by atoms with Gasteiger partial charge in [-0.15, -0.1) is 0 Å². The third-order valence-corrected chi connectivity index (χ3v) is 4.48. The van der Waals surface area contributed by atoms with Crippen LogP contribution in [0.5, 0.6) is 0 Å². The highest BCUT2D eigenvalue weighted by Crippen LogP contribution is 2.34. The Kier molecular flexibility index (Phi) is 5.29. The number of hydrogen-bond donors (Lipinski definition) is 1. The van der Waals surface area contributed by atoms with E-state index in [2.05, 4.69) is 53.1 Å². The van der Waals surface area contributed by atoms with E-state index in [-0.39, 0.29) is 5.02 Å². The fourth-order valence-electron chi connectivity index (χ4n) is 1.55. The van der Waals surface area contributed by atoms with Gasteiger partial charge in [0.2, 0.25) is 0 Å². The lowest BCUT2D eigenvalue weighted by molar-refractivity contribution is 0.626. The van der Waals surface area contributed by atoms with Gasteiger partial charge in [-0.2, -0.15) is 0 Å². The first-order valence-corrected chi connectivity index (χ1v) is 8.05. The zero-order valence-electron chi connectivity index (χ0n) is 9.48. The number of benzene rings is 2. The Morgan fingerprint density at radius 3 is 2.26 bits per heavy atom.